The molecule has 74 valence electrons. The van der Waals surface area contributed by atoms with E-state index < -0.39 is 11.6 Å². The standard InChI is InChI=1S/C10H9BrO3/c11-8-4-2-1-3-7(8)10(9(12)13)5-6-14-10/h1-4H,5-6H2,(H,12,13). The molecule has 0 spiro atoms. The Morgan fingerprint density at radius 2 is 2.14 bits per heavy atom. The van der Waals surface area contributed by atoms with Crippen LogP contribution in [0.2, 0.25) is 0 Å². The van der Waals surface area contributed by atoms with Gasteiger partial charge in [0, 0.05) is 16.5 Å². The quantitative estimate of drug-likeness (QED) is 0.882. The SMILES string of the molecule is O=C(O)C1(c2ccccc2Br)CCO1. The van der Waals surface area contributed by atoms with Gasteiger partial charge >= 0.3 is 5.97 Å². The molecule has 1 saturated heterocycles. The van der Waals surface area contributed by atoms with Crippen LogP contribution in [0.5, 0.6) is 0 Å². The highest BCUT2D eigenvalue weighted by Gasteiger charge is 2.48. The lowest BCUT2D eigenvalue weighted by Crippen LogP contribution is -2.48. The fraction of sp³-hybridized carbons (Fsp3) is 0.300. The third-order valence-electron chi connectivity index (χ3n) is 2.46. The van der Waals surface area contributed by atoms with Gasteiger partial charge in [-0.3, -0.25) is 0 Å². The summed E-state index contributed by atoms with van der Waals surface area (Å²) in [6.45, 7) is 0.508. The van der Waals surface area contributed by atoms with Crippen molar-refractivity contribution in [3.05, 3.63) is 34.3 Å². The average molecular weight is 257 g/mol. The van der Waals surface area contributed by atoms with E-state index in [-0.39, 0.29) is 0 Å². The Morgan fingerprint density at radius 1 is 1.50 bits per heavy atom. The van der Waals surface area contributed by atoms with Crippen LogP contribution in [0.1, 0.15) is 12.0 Å². The van der Waals surface area contributed by atoms with Crippen LogP contribution >= 0.6 is 15.9 Å². The summed E-state index contributed by atoms with van der Waals surface area (Å²) in [5.74, 6) is -0.921. The molecule has 4 heteroatoms. The normalized spacial score (nSPS) is 25.5. The number of aliphatic carboxylic acids is 1. The van der Waals surface area contributed by atoms with Crippen molar-refractivity contribution in [2.45, 2.75) is 12.0 Å². The van der Waals surface area contributed by atoms with E-state index in [2.05, 4.69) is 15.9 Å². The molecule has 1 aliphatic rings. The van der Waals surface area contributed by atoms with Crippen LogP contribution in [0.3, 0.4) is 0 Å². The van der Waals surface area contributed by atoms with Gasteiger partial charge in [0.1, 0.15) is 0 Å². The first-order chi connectivity index (χ1) is 6.67. The van der Waals surface area contributed by atoms with Crippen LogP contribution in [0, 0.1) is 0 Å². The molecule has 1 atom stereocenters. The number of carboxylic acid groups (broad SMARTS) is 1. The minimum atomic E-state index is -1.12. The zero-order chi connectivity index (χ0) is 10.2. The fourth-order valence-corrected chi connectivity index (χ4v) is 2.20. The van der Waals surface area contributed by atoms with E-state index >= 15 is 0 Å². The summed E-state index contributed by atoms with van der Waals surface area (Å²) < 4.78 is 6.00. The van der Waals surface area contributed by atoms with Gasteiger partial charge in [-0.1, -0.05) is 34.1 Å². The molecule has 0 amide bonds. The molecular formula is C10H9BrO3. The highest BCUT2D eigenvalue weighted by atomic mass is 79.9. The molecule has 0 bridgehead atoms. The lowest BCUT2D eigenvalue weighted by atomic mass is 9.87. The molecule has 0 aliphatic carbocycles. The van der Waals surface area contributed by atoms with E-state index in [1.165, 1.54) is 0 Å². The van der Waals surface area contributed by atoms with Crippen molar-refractivity contribution in [3.63, 3.8) is 0 Å². The molecule has 2 rings (SSSR count). The second kappa shape index (κ2) is 3.37. The zero-order valence-corrected chi connectivity index (χ0v) is 8.95. The molecule has 14 heavy (non-hydrogen) atoms. The predicted octanol–water partition coefficient (Wildman–Crippen LogP) is 2.15. The van der Waals surface area contributed by atoms with Crippen molar-refractivity contribution < 1.29 is 14.6 Å². The minimum absolute atomic E-state index is 0.508. The average Bonchev–Trinajstić information content (AvgIpc) is 2.05. The lowest BCUT2D eigenvalue weighted by molar-refractivity contribution is -0.198. The van der Waals surface area contributed by atoms with Gasteiger partial charge in [-0.25, -0.2) is 4.79 Å². The summed E-state index contributed by atoms with van der Waals surface area (Å²) in [7, 11) is 0. The maximum absolute atomic E-state index is 11.1. The summed E-state index contributed by atoms with van der Waals surface area (Å²) in [5.41, 5.74) is -0.432. The van der Waals surface area contributed by atoms with Gasteiger partial charge in [-0.15, -0.1) is 0 Å². The van der Waals surface area contributed by atoms with Gasteiger partial charge in [0.25, 0.3) is 0 Å². The largest absolute Gasteiger partial charge is 0.479 e. The molecule has 1 aromatic rings. The van der Waals surface area contributed by atoms with Gasteiger partial charge < -0.3 is 9.84 Å². The summed E-state index contributed by atoms with van der Waals surface area (Å²) >= 11 is 3.33. The van der Waals surface area contributed by atoms with Crippen LogP contribution in [-0.4, -0.2) is 17.7 Å². The zero-order valence-electron chi connectivity index (χ0n) is 7.37. The fourth-order valence-electron chi connectivity index (χ4n) is 1.59. The Labute approximate surface area is 89.8 Å². The Hall–Kier alpha value is -0.870. The number of hydrogen-bond acceptors (Lipinski definition) is 2. The maximum atomic E-state index is 11.1. The second-order valence-corrected chi connectivity index (χ2v) is 4.06. The first-order valence-electron chi connectivity index (χ1n) is 4.29. The van der Waals surface area contributed by atoms with Crippen LogP contribution in [0.4, 0.5) is 0 Å². The third kappa shape index (κ3) is 1.26. The number of hydrogen-bond donors (Lipinski definition) is 1. The molecule has 0 aromatic heterocycles. The number of benzene rings is 1. The first kappa shape index (κ1) is 9.68. The minimum Gasteiger partial charge on any atom is -0.479 e. The van der Waals surface area contributed by atoms with Crippen molar-refractivity contribution in [3.8, 4) is 0 Å². The number of carboxylic acids is 1. The monoisotopic (exact) mass is 256 g/mol. The van der Waals surface area contributed by atoms with E-state index in [9.17, 15) is 4.79 Å². The van der Waals surface area contributed by atoms with Crippen molar-refractivity contribution in [2.75, 3.05) is 6.61 Å². The molecule has 0 saturated carbocycles. The van der Waals surface area contributed by atoms with Crippen molar-refractivity contribution in [1.82, 2.24) is 0 Å². The maximum Gasteiger partial charge on any atom is 0.340 e. The molecule has 1 aliphatic heterocycles. The molecule has 0 radical (unpaired) electrons. The topological polar surface area (TPSA) is 46.5 Å². The van der Waals surface area contributed by atoms with E-state index in [0.29, 0.717) is 18.6 Å². The Bertz CT molecular complexity index is 371. The molecule has 1 N–H and O–H groups in total. The van der Waals surface area contributed by atoms with Crippen LogP contribution in [0.15, 0.2) is 28.7 Å². The summed E-state index contributed by atoms with van der Waals surface area (Å²) in [5, 5.41) is 9.12. The van der Waals surface area contributed by atoms with Crippen LogP contribution < -0.4 is 0 Å². The van der Waals surface area contributed by atoms with Gasteiger partial charge in [0.2, 0.25) is 0 Å². The highest BCUT2D eigenvalue weighted by Crippen LogP contribution is 2.40. The van der Waals surface area contributed by atoms with Crippen molar-refractivity contribution >= 4 is 21.9 Å². The molecule has 1 aromatic carbocycles. The molecular weight excluding hydrogens is 248 g/mol. The number of halogens is 1. The molecule has 1 unspecified atom stereocenters. The number of rotatable bonds is 2. The van der Waals surface area contributed by atoms with Crippen LogP contribution in [-0.2, 0) is 15.1 Å². The smallest absolute Gasteiger partial charge is 0.340 e. The van der Waals surface area contributed by atoms with E-state index in [4.69, 9.17) is 9.84 Å². The lowest BCUT2D eigenvalue weighted by Gasteiger charge is -2.38. The van der Waals surface area contributed by atoms with Gasteiger partial charge in [0.15, 0.2) is 5.60 Å². The van der Waals surface area contributed by atoms with Gasteiger partial charge in [0.05, 0.1) is 6.61 Å². The highest BCUT2D eigenvalue weighted by molar-refractivity contribution is 9.10. The summed E-state index contributed by atoms with van der Waals surface area (Å²) in [6, 6.07) is 7.26. The van der Waals surface area contributed by atoms with Gasteiger partial charge in [-0.05, 0) is 6.07 Å². The van der Waals surface area contributed by atoms with Gasteiger partial charge in [-0.2, -0.15) is 0 Å². The van der Waals surface area contributed by atoms with E-state index in [1.54, 1.807) is 6.07 Å². The number of ether oxygens (including phenoxy) is 1. The Balaban J connectivity index is 2.47. The number of carbonyl (C=O) groups is 1. The molecule has 1 heterocycles. The summed E-state index contributed by atoms with van der Waals surface area (Å²) in [4.78, 5) is 11.1. The molecule has 3 nitrogen and oxygen atoms in total. The third-order valence-corrected chi connectivity index (χ3v) is 3.15. The van der Waals surface area contributed by atoms with E-state index in [0.717, 1.165) is 4.47 Å². The summed E-state index contributed by atoms with van der Waals surface area (Å²) in [6.07, 6.45) is 0.533. The van der Waals surface area contributed by atoms with Crippen molar-refractivity contribution in [2.24, 2.45) is 0 Å². The predicted molar refractivity (Wildman–Crippen MR) is 54.0 cm³/mol. The molecule has 1 fully saturated rings. The first-order valence-corrected chi connectivity index (χ1v) is 5.08. The Kier molecular flexibility index (Phi) is 2.33. The van der Waals surface area contributed by atoms with Crippen molar-refractivity contribution in [1.29, 1.82) is 0 Å². The Morgan fingerprint density at radius 3 is 2.57 bits per heavy atom. The second-order valence-electron chi connectivity index (χ2n) is 3.21. The van der Waals surface area contributed by atoms with Crippen LogP contribution in [0.25, 0.3) is 0 Å². The van der Waals surface area contributed by atoms with E-state index in [1.807, 2.05) is 18.2 Å².